The lowest BCUT2D eigenvalue weighted by atomic mass is 10.2. The van der Waals surface area contributed by atoms with Crippen molar-refractivity contribution in [1.29, 1.82) is 0 Å². The monoisotopic (exact) mass is 464 g/mol. The normalized spacial score (nSPS) is 15.2. The van der Waals surface area contributed by atoms with Gasteiger partial charge in [-0.25, -0.2) is 8.42 Å². The van der Waals surface area contributed by atoms with E-state index in [1.807, 2.05) is 6.92 Å². The maximum absolute atomic E-state index is 13.3. The largest absolute Gasteiger partial charge is 0.490 e. The molecule has 7 nitrogen and oxygen atoms in total. The van der Waals surface area contributed by atoms with E-state index in [1.54, 1.807) is 66.7 Å². The highest BCUT2D eigenvalue weighted by Crippen LogP contribution is 2.36. The molecule has 1 atom stereocenters. The highest BCUT2D eigenvalue weighted by atomic mass is 32.2. The van der Waals surface area contributed by atoms with Crippen molar-refractivity contribution in [2.75, 3.05) is 22.8 Å². The molecule has 1 heterocycles. The first-order valence-corrected chi connectivity index (χ1v) is 11.9. The summed E-state index contributed by atoms with van der Waals surface area (Å²) in [4.78, 5) is 12.7. The van der Waals surface area contributed by atoms with E-state index in [0.29, 0.717) is 35.0 Å². The zero-order valence-electron chi connectivity index (χ0n) is 18.1. The summed E-state index contributed by atoms with van der Waals surface area (Å²) < 4.78 is 39.2. The van der Waals surface area contributed by atoms with Crippen LogP contribution in [-0.2, 0) is 10.0 Å². The summed E-state index contributed by atoms with van der Waals surface area (Å²) in [6.45, 7) is 6.02. The number of carbonyl (C=O) groups excluding carboxylic acids is 1. The molecule has 0 aliphatic carbocycles. The van der Waals surface area contributed by atoms with Crippen LogP contribution in [0, 0.1) is 0 Å². The van der Waals surface area contributed by atoms with E-state index in [2.05, 4.69) is 11.9 Å². The maximum atomic E-state index is 13.3. The van der Waals surface area contributed by atoms with Gasteiger partial charge in [0.25, 0.3) is 15.9 Å². The lowest BCUT2D eigenvalue weighted by Gasteiger charge is -2.34. The summed E-state index contributed by atoms with van der Waals surface area (Å²) >= 11 is 0. The van der Waals surface area contributed by atoms with Crippen LogP contribution in [0.3, 0.4) is 0 Å². The summed E-state index contributed by atoms with van der Waals surface area (Å²) in [7, 11) is -3.80. The molecule has 1 aliphatic rings. The van der Waals surface area contributed by atoms with E-state index in [4.69, 9.17) is 9.47 Å². The van der Waals surface area contributed by atoms with Crippen LogP contribution >= 0.6 is 0 Å². The lowest BCUT2D eigenvalue weighted by molar-refractivity contribution is 0.102. The van der Waals surface area contributed by atoms with E-state index in [-0.39, 0.29) is 23.5 Å². The van der Waals surface area contributed by atoms with Crippen molar-refractivity contribution in [3.05, 3.63) is 91.0 Å². The highest BCUT2D eigenvalue weighted by molar-refractivity contribution is 7.92. The first kappa shape index (κ1) is 22.4. The summed E-state index contributed by atoms with van der Waals surface area (Å²) in [5.74, 6) is 0.862. The van der Waals surface area contributed by atoms with Gasteiger partial charge in [0.1, 0.15) is 24.2 Å². The standard InChI is InChI=1S/C25H24N2O5S/c1-3-16-31-21-12-8-19(9-13-21)25(28)26-20-10-14-22(15-11-20)33(29,30)27-17-18(2)32-24-7-5-4-6-23(24)27/h3-15,18H,1,16-17H2,2H3,(H,26,28)/t18-/m0/s1. The molecule has 3 aromatic rings. The predicted molar refractivity (Wildman–Crippen MR) is 128 cm³/mol. The van der Waals surface area contributed by atoms with Crippen molar-refractivity contribution in [1.82, 2.24) is 0 Å². The molecule has 0 radical (unpaired) electrons. The second kappa shape index (κ2) is 9.38. The van der Waals surface area contributed by atoms with Gasteiger partial charge in [0.2, 0.25) is 0 Å². The van der Waals surface area contributed by atoms with Gasteiger partial charge in [-0.15, -0.1) is 0 Å². The third-order valence-corrected chi connectivity index (χ3v) is 6.86. The van der Waals surface area contributed by atoms with Gasteiger partial charge >= 0.3 is 0 Å². The Kier molecular flexibility index (Phi) is 6.37. The van der Waals surface area contributed by atoms with Gasteiger partial charge in [-0.1, -0.05) is 24.8 Å². The number of rotatable bonds is 7. The number of para-hydroxylation sites is 2. The number of ether oxygens (including phenoxy) is 2. The van der Waals surface area contributed by atoms with Crippen LogP contribution in [0.2, 0.25) is 0 Å². The second-order valence-corrected chi connectivity index (χ2v) is 9.40. The summed E-state index contributed by atoms with van der Waals surface area (Å²) in [5.41, 5.74) is 1.45. The molecule has 1 amide bonds. The van der Waals surface area contributed by atoms with Gasteiger partial charge in [-0.2, -0.15) is 0 Å². The van der Waals surface area contributed by atoms with Crippen molar-refractivity contribution >= 4 is 27.3 Å². The number of hydrogen-bond acceptors (Lipinski definition) is 5. The zero-order chi connectivity index (χ0) is 23.4. The number of amides is 1. The van der Waals surface area contributed by atoms with Crippen LogP contribution in [0.5, 0.6) is 11.5 Å². The molecule has 0 spiro atoms. The lowest BCUT2D eigenvalue weighted by Crippen LogP contribution is -2.42. The minimum absolute atomic E-state index is 0.133. The van der Waals surface area contributed by atoms with Crippen LogP contribution < -0.4 is 19.1 Å². The molecular formula is C25H24N2O5S. The first-order valence-electron chi connectivity index (χ1n) is 10.4. The molecule has 33 heavy (non-hydrogen) atoms. The van der Waals surface area contributed by atoms with Crippen LogP contribution in [0.15, 0.2) is 90.3 Å². The summed E-state index contributed by atoms with van der Waals surface area (Å²) in [5, 5.41) is 2.78. The summed E-state index contributed by atoms with van der Waals surface area (Å²) in [6.07, 6.45) is 1.37. The number of nitrogens with one attached hydrogen (secondary N) is 1. The van der Waals surface area contributed by atoms with Gasteiger partial charge in [0.05, 0.1) is 17.1 Å². The van der Waals surface area contributed by atoms with E-state index >= 15 is 0 Å². The van der Waals surface area contributed by atoms with Gasteiger partial charge in [0.15, 0.2) is 0 Å². The molecule has 1 N–H and O–H groups in total. The molecular weight excluding hydrogens is 440 g/mol. The molecule has 0 saturated carbocycles. The van der Waals surface area contributed by atoms with E-state index in [9.17, 15) is 13.2 Å². The molecule has 0 aromatic heterocycles. The Morgan fingerprint density at radius 1 is 1.12 bits per heavy atom. The number of sulfonamides is 1. The molecule has 0 saturated heterocycles. The molecule has 170 valence electrons. The third-order valence-electron chi connectivity index (χ3n) is 5.07. The van der Waals surface area contributed by atoms with Crippen LogP contribution in [0.25, 0.3) is 0 Å². The van der Waals surface area contributed by atoms with E-state index < -0.39 is 10.0 Å². The fourth-order valence-electron chi connectivity index (χ4n) is 3.47. The van der Waals surface area contributed by atoms with Crippen LogP contribution in [0.1, 0.15) is 17.3 Å². The molecule has 0 unspecified atom stereocenters. The second-order valence-electron chi connectivity index (χ2n) is 7.53. The smallest absolute Gasteiger partial charge is 0.264 e. The van der Waals surface area contributed by atoms with Crippen molar-refractivity contribution < 1.29 is 22.7 Å². The molecule has 1 aliphatic heterocycles. The first-order chi connectivity index (χ1) is 15.9. The van der Waals surface area contributed by atoms with Gasteiger partial charge in [-0.05, 0) is 67.6 Å². The molecule has 4 rings (SSSR count). The summed E-state index contributed by atoms with van der Waals surface area (Å²) in [6, 6.07) is 19.9. The minimum Gasteiger partial charge on any atom is -0.490 e. The fourth-order valence-corrected chi connectivity index (χ4v) is 5.03. The molecule has 0 fully saturated rings. The van der Waals surface area contributed by atoms with Gasteiger partial charge in [-0.3, -0.25) is 9.10 Å². The van der Waals surface area contributed by atoms with Crippen molar-refractivity contribution in [2.24, 2.45) is 0 Å². The average molecular weight is 465 g/mol. The SMILES string of the molecule is C=CCOc1ccc(C(=O)Nc2ccc(S(=O)(=O)N3C[C@H](C)Oc4ccccc43)cc2)cc1. The number of nitrogens with zero attached hydrogens (tertiary/aromatic N) is 1. The maximum Gasteiger partial charge on any atom is 0.264 e. The molecule has 8 heteroatoms. The topological polar surface area (TPSA) is 84.9 Å². The van der Waals surface area contributed by atoms with Crippen LogP contribution in [-0.4, -0.2) is 33.6 Å². The number of anilines is 2. The predicted octanol–water partition coefficient (Wildman–Crippen LogP) is 4.48. The van der Waals surface area contributed by atoms with Crippen molar-refractivity contribution in [3.8, 4) is 11.5 Å². The van der Waals surface area contributed by atoms with Gasteiger partial charge < -0.3 is 14.8 Å². The number of benzene rings is 3. The van der Waals surface area contributed by atoms with Crippen molar-refractivity contribution in [3.63, 3.8) is 0 Å². The number of hydrogen-bond donors (Lipinski definition) is 1. The molecule has 0 bridgehead atoms. The average Bonchev–Trinajstić information content (AvgIpc) is 2.82. The Bertz CT molecular complexity index is 1250. The van der Waals surface area contributed by atoms with E-state index in [0.717, 1.165) is 0 Å². The Labute approximate surface area is 193 Å². The Balaban J connectivity index is 1.49. The highest BCUT2D eigenvalue weighted by Gasteiger charge is 2.32. The minimum atomic E-state index is -3.80. The fraction of sp³-hybridized carbons (Fsp3) is 0.160. The molecule has 3 aromatic carbocycles. The number of carbonyl (C=O) groups is 1. The Morgan fingerprint density at radius 3 is 2.52 bits per heavy atom. The quantitative estimate of drug-likeness (QED) is 0.521. The van der Waals surface area contributed by atoms with E-state index in [1.165, 1.54) is 16.4 Å². The third kappa shape index (κ3) is 4.85. The Morgan fingerprint density at radius 2 is 1.82 bits per heavy atom. The number of fused-ring (bicyclic) bond motifs is 1. The zero-order valence-corrected chi connectivity index (χ0v) is 18.9. The Hall–Kier alpha value is -3.78. The van der Waals surface area contributed by atoms with Crippen LogP contribution in [0.4, 0.5) is 11.4 Å². The van der Waals surface area contributed by atoms with Crippen molar-refractivity contribution in [2.45, 2.75) is 17.9 Å². The van der Waals surface area contributed by atoms with Gasteiger partial charge in [0, 0.05) is 11.3 Å².